The van der Waals surface area contributed by atoms with E-state index in [2.05, 4.69) is 48.3 Å². The van der Waals surface area contributed by atoms with Crippen molar-refractivity contribution >= 4 is 0 Å². The Balaban J connectivity index is 1.51. The lowest BCUT2D eigenvalue weighted by atomic mass is 9.97. The van der Waals surface area contributed by atoms with Gasteiger partial charge >= 0.3 is 0 Å². The van der Waals surface area contributed by atoms with Gasteiger partial charge in [0.25, 0.3) is 0 Å². The van der Waals surface area contributed by atoms with Gasteiger partial charge in [-0.25, -0.2) is 0 Å². The standard InChI is InChI=1S/C21H36N2O/c1-3-8-19(2)20-9-11-21(12-10-20)24-18-7-5-4-6-15-23-16-13-22-14-17-23/h9-12,19,22H,3-8,13-18H2,1-2H3. The van der Waals surface area contributed by atoms with Gasteiger partial charge in [-0.2, -0.15) is 0 Å². The Morgan fingerprint density at radius 3 is 2.46 bits per heavy atom. The van der Waals surface area contributed by atoms with Crippen molar-refractivity contribution in [1.29, 1.82) is 0 Å². The Bertz CT molecular complexity index is 426. The number of hydrogen-bond acceptors (Lipinski definition) is 3. The summed E-state index contributed by atoms with van der Waals surface area (Å²) in [5, 5.41) is 3.41. The third-order valence-corrected chi connectivity index (χ3v) is 5.02. The minimum Gasteiger partial charge on any atom is -0.494 e. The van der Waals surface area contributed by atoms with Gasteiger partial charge in [-0.05, 0) is 49.4 Å². The quantitative estimate of drug-likeness (QED) is 0.607. The molecular formula is C21H36N2O. The van der Waals surface area contributed by atoms with Gasteiger partial charge in [0, 0.05) is 26.2 Å². The maximum Gasteiger partial charge on any atom is 0.119 e. The number of hydrogen-bond donors (Lipinski definition) is 1. The fraction of sp³-hybridized carbons (Fsp3) is 0.714. The molecule has 0 aliphatic carbocycles. The number of nitrogens with one attached hydrogen (secondary N) is 1. The molecule has 2 rings (SSSR count). The molecule has 136 valence electrons. The lowest BCUT2D eigenvalue weighted by molar-refractivity contribution is 0.234. The smallest absolute Gasteiger partial charge is 0.119 e. The maximum atomic E-state index is 5.88. The highest BCUT2D eigenvalue weighted by atomic mass is 16.5. The Morgan fingerprint density at radius 2 is 1.75 bits per heavy atom. The molecule has 1 fully saturated rings. The molecule has 0 spiro atoms. The molecule has 1 aromatic rings. The monoisotopic (exact) mass is 332 g/mol. The molecule has 1 unspecified atom stereocenters. The Hall–Kier alpha value is -1.06. The predicted molar refractivity (Wildman–Crippen MR) is 103 cm³/mol. The fourth-order valence-electron chi connectivity index (χ4n) is 3.41. The van der Waals surface area contributed by atoms with Crippen molar-refractivity contribution in [3.05, 3.63) is 29.8 Å². The van der Waals surface area contributed by atoms with E-state index in [0.717, 1.165) is 31.9 Å². The van der Waals surface area contributed by atoms with Crippen molar-refractivity contribution in [2.45, 2.75) is 58.3 Å². The van der Waals surface area contributed by atoms with E-state index in [0.29, 0.717) is 5.92 Å². The first-order valence-corrected chi connectivity index (χ1v) is 9.95. The van der Waals surface area contributed by atoms with Gasteiger partial charge in [-0.15, -0.1) is 0 Å². The normalized spacial score (nSPS) is 16.9. The van der Waals surface area contributed by atoms with Gasteiger partial charge in [-0.1, -0.05) is 45.2 Å². The summed E-state index contributed by atoms with van der Waals surface area (Å²) < 4.78 is 5.88. The molecule has 0 radical (unpaired) electrons. The molecule has 1 N–H and O–H groups in total. The van der Waals surface area contributed by atoms with E-state index in [1.54, 1.807) is 0 Å². The molecule has 0 aromatic heterocycles. The summed E-state index contributed by atoms with van der Waals surface area (Å²) >= 11 is 0. The van der Waals surface area contributed by atoms with Crippen molar-refractivity contribution in [1.82, 2.24) is 10.2 Å². The molecule has 1 aliphatic rings. The van der Waals surface area contributed by atoms with Crippen LogP contribution in [0.5, 0.6) is 5.75 Å². The molecule has 1 aliphatic heterocycles. The highest BCUT2D eigenvalue weighted by Gasteiger charge is 2.08. The molecule has 1 saturated heterocycles. The van der Waals surface area contributed by atoms with Crippen molar-refractivity contribution < 1.29 is 4.74 Å². The summed E-state index contributed by atoms with van der Waals surface area (Å²) in [5.41, 5.74) is 1.43. The van der Waals surface area contributed by atoms with E-state index in [-0.39, 0.29) is 0 Å². The number of rotatable bonds is 11. The van der Waals surface area contributed by atoms with Crippen LogP contribution in [0.2, 0.25) is 0 Å². The topological polar surface area (TPSA) is 24.5 Å². The zero-order valence-corrected chi connectivity index (χ0v) is 15.7. The zero-order chi connectivity index (χ0) is 17.0. The number of piperazine rings is 1. The number of ether oxygens (including phenoxy) is 1. The van der Waals surface area contributed by atoms with Gasteiger partial charge in [0.1, 0.15) is 5.75 Å². The SMILES string of the molecule is CCCC(C)c1ccc(OCCCCCCN2CCNCC2)cc1. The van der Waals surface area contributed by atoms with Crippen LogP contribution >= 0.6 is 0 Å². The van der Waals surface area contributed by atoms with Crippen LogP contribution in [0.1, 0.15) is 63.9 Å². The van der Waals surface area contributed by atoms with E-state index >= 15 is 0 Å². The molecule has 0 bridgehead atoms. The van der Waals surface area contributed by atoms with Crippen molar-refractivity contribution in [2.24, 2.45) is 0 Å². The summed E-state index contributed by atoms with van der Waals surface area (Å²) in [5.74, 6) is 1.67. The predicted octanol–water partition coefficient (Wildman–Crippen LogP) is 4.43. The Kier molecular flexibility index (Phi) is 9.22. The minimum atomic E-state index is 0.653. The summed E-state index contributed by atoms with van der Waals surface area (Å²) in [7, 11) is 0. The summed E-state index contributed by atoms with van der Waals surface area (Å²) in [6, 6.07) is 8.71. The molecule has 0 saturated carbocycles. The maximum absolute atomic E-state index is 5.88. The van der Waals surface area contributed by atoms with Gasteiger partial charge < -0.3 is 15.0 Å². The highest BCUT2D eigenvalue weighted by molar-refractivity contribution is 5.29. The second-order valence-corrected chi connectivity index (χ2v) is 7.11. The second kappa shape index (κ2) is 11.5. The van der Waals surface area contributed by atoms with Crippen LogP contribution in [0.3, 0.4) is 0 Å². The Labute approximate surface area is 148 Å². The lowest BCUT2D eigenvalue weighted by Gasteiger charge is -2.27. The van der Waals surface area contributed by atoms with E-state index in [4.69, 9.17) is 4.74 Å². The fourth-order valence-corrected chi connectivity index (χ4v) is 3.41. The molecule has 1 atom stereocenters. The van der Waals surface area contributed by atoms with E-state index < -0.39 is 0 Å². The third-order valence-electron chi connectivity index (χ3n) is 5.02. The highest BCUT2D eigenvalue weighted by Crippen LogP contribution is 2.23. The third kappa shape index (κ3) is 7.23. The van der Waals surface area contributed by atoms with Gasteiger partial charge in [0.2, 0.25) is 0 Å². The number of nitrogens with zero attached hydrogens (tertiary/aromatic N) is 1. The molecule has 3 nitrogen and oxygen atoms in total. The van der Waals surface area contributed by atoms with Gasteiger partial charge in [0.05, 0.1) is 6.61 Å². The number of benzene rings is 1. The zero-order valence-electron chi connectivity index (χ0n) is 15.7. The summed E-state index contributed by atoms with van der Waals surface area (Å²) in [6.07, 6.45) is 7.58. The molecular weight excluding hydrogens is 296 g/mol. The average molecular weight is 333 g/mol. The van der Waals surface area contributed by atoms with Crippen LogP contribution in [0.25, 0.3) is 0 Å². The van der Waals surface area contributed by atoms with Crippen LogP contribution in [0.4, 0.5) is 0 Å². The van der Waals surface area contributed by atoms with E-state index in [1.807, 2.05) is 0 Å². The van der Waals surface area contributed by atoms with Gasteiger partial charge in [-0.3, -0.25) is 0 Å². The first kappa shape index (κ1) is 19.3. The largest absolute Gasteiger partial charge is 0.494 e. The van der Waals surface area contributed by atoms with Crippen LogP contribution in [0, 0.1) is 0 Å². The minimum absolute atomic E-state index is 0.653. The summed E-state index contributed by atoms with van der Waals surface area (Å²) in [4.78, 5) is 2.58. The number of unbranched alkanes of at least 4 members (excludes halogenated alkanes) is 3. The van der Waals surface area contributed by atoms with Gasteiger partial charge in [0.15, 0.2) is 0 Å². The van der Waals surface area contributed by atoms with Crippen LogP contribution in [-0.2, 0) is 0 Å². The first-order chi connectivity index (χ1) is 11.8. The van der Waals surface area contributed by atoms with Crippen LogP contribution < -0.4 is 10.1 Å². The van der Waals surface area contributed by atoms with Crippen LogP contribution in [0.15, 0.2) is 24.3 Å². The van der Waals surface area contributed by atoms with Crippen molar-refractivity contribution in [2.75, 3.05) is 39.3 Å². The van der Waals surface area contributed by atoms with Crippen LogP contribution in [-0.4, -0.2) is 44.2 Å². The molecule has 1 aromatic carbocycles. The van der Waals surface area contributed by atoms with E-state index in [1.165, 1.54) is 57.3 Å². The summed E-state index contributed by atoms with van der Waals surface area (Å²) in [6.45, 7) is 11.4. The molecule has 24 heavy (non-hydrogen) atoms. The first-order valence-electron chi connectivity index (χ1n) is 9.95. The van der Waals surface area contributed by atoms with Crippen molar-refractivity contribution in [3.8, 4) is 5.75 Å². The van der Waals surface area contributed by atoms with Crippen molar-refractivity contribution in [3.63, 3.8) is 0 Å². The second-order valence-electron chi connectivity index (χ2n) is 7.11. The molecule has 3 heteroatoms. The average Bonchev–Trinajstić information content (AvgIpc) is 2.62. The van der Waals surface area contributed by atoms with E-state index in [9.17, 15) is 0 Å². The molecule has 1 heterocycles. The molecule has 0 amide bonds. The Morgan fingerprint density at radius 1 is 1.04 bits per heavy atom. The lowest BCUT2D eigenvalue weighted by Crippen LogP contribution is -2.43.